The van der Waals surface area contributed by atoms with Crippen LogP contribution in [-0.4, -0.2) is 4.98 Å². The van der Waals surface area contributed by atoms with Crippen LogP contribution in [0.4, 0.5) is 0 Å². The number of hydrogen-bond acceptors (Lipinski definition) is 2. The van der Waals surface area contributed by atoms with Gasteiger partial charge in [-0.2, -0.15) is 0 Å². The lowest BCUT2D eigenvalue weighted by molar-refractivity contribution is 0.472. The zero-order valence-corrected chi connectivity index (χ0v) is 6.50. The Balaban J connectivity index is 2.28. The van der Waals surface area contributed by atoms with Gasteiger partial charge in [0.25, 0.3) is 0 Å². The third-order valence-corrected chi connectivity index (χ3v) is 1.45. The van der Waals surface area contributed by atoms with E-state index >= 15 is 0 Å². The van der Waals surface area contributed by atoms with Crippen LogP contribution in [0.15, 0.2) is 17.0 Å². The van der Waals surface area contributed by atoms with Gasteiger partial charge in [-0.15, -0.1) is 0 Å². The van der Waals surface area contributed by atoms with Crippen molar-refractivity contribution in [3.8, 4) is 0 Å². The fraction of sp³-hybridized carbons (Fsp3) is 0.625. The lowest BCUT2D eigenvalue weighted by Gasteiger charge is -1.99. The predicted octanol–water partition coefficient (Wildman–Crippen LogP) is 2.26. The summed E-state index contributed by atoms with van der Waals surface area (Å²) in [6.07, 6.45) is 5.45. The quantitative estimate of drug-likeness (QED) is 0.642. The Hall–Kier alpha value is -0.790. The first kappa shape index (κ1) is 7.32. The zero-order chi connectivity index (χ0) is 7.40. The van der Waals surface area contributed by atoms with Crippen molar-refractivity contribution in [1.29, 1.82) is 0 Å². The highest BCUT2D eigenvalue weighted by molar-refractivity contribution is 4.87. The van der Waals surface area contributed by atoms with Gasteiger partial charge in [-0.05, 0) is 12.3 Å². The van der Waals surface area contributed by atoms with Crippen LogP contribution in [0.3, 0.4) is 0 Å². The number of rotatable bonds is 3. The first-order valence-electron chi connectivity index (χ1n) is 3.66. The lowest BCUT2D eigenvalue weighted by atomic mass is 10.1. The molecule has 1 rings (SSSR count). The molecule has 0 spiro atoms. The Bertz CT molecular complexity index is 167. The van der Waals surface area contributed by atoms with Crippen LogP contribution in [-0.2, 0) is 6.42 Å². The minimum absolute atomic E-state index is 0.741. The Kier molecular flexibility index (Phi) is 2.49. The molecule has 0 bridgehead atoms. The average molecular weight is 139 g/mol. The van der Waals surface area contributed by atoms with Crippen LogP contribution in [0.2, 0.25) is 0 Å². The molecule has 0 atom stereocenters. The van der Waals surface area contributed by atoms with E-state index in [-0.39, 0.29) is 0 Å². The number of oxazole rings is 1. The number of nitrogens with zero attached hydrogens (tertiary/aromatic N) is 1. The maximum atomic E-state index is 5.07. The second-order valence-corrected chi connectivity index (χ2v) is 2.90. The van der Waals surface area contributed by atoms with Gasteiger partial charge in [0, 0.05) is 6.42 Å². The van der Waals surface area contributed by atoms with E-state index in [0.717, 1.165) is 18.1 Å². The number of aryl methyl sites for hydroxylation is 1. The number of hydrogen-bond donors (Lipinski definition) is 0. The summed E-state index contributed by atoms with van der Waals surface area (Å²) in [5.74, 6) is 1.74. The summed E-state index contributed by atoms with van der Waals surface area (Å²) in [4.78, 5) is 3.83. The Morgan fingerprint density at radius 1 is 1.60 bits per heavy atom. The Labute approximate surface area is 61.3 Å². The molecular formula is C8H13NO. The van der Waals surface area contributed by atoms with Gasteiger partial charge in [0.1, 0.15) is 5.76 Å². The molecule has 0 aliphatic rings. The van der Waals surface area contributed by atoms with Crippen molar-refractivity contribution in [1.82, 2.24) is 4.98 Å². The molecule has 0 radical (unpaired) electrons. The minimum atomic E-state index is 0.741. The van der Waals surface area contributed by atoms with Gasteiger partial charge in [-0.3, -0.25) is 0 Å². The third kappa shape index (κ3) is 2.21. The molecule has 0 saturated heterocycles. The molecular weight excluding hydrogens is 126 g/mol. The summed E-state index contributed by atoms with van der Waals surface area (Å²) in [5.41, 5.74) is 0. The minimum Gasteiger partial charge on any atom is -0.449 e. The highest BCUT2D eigenvalue weighted by Crippen LogP contribution is 2.07. The molecule has 56 valence electrons. The van der Waals surface area contributed by atoms with E-state index in [1.807, 2.05) is 0 Å². The first-order valence-corrected chi connectivity index (χ1v) is 3.66. The molecule has 2 nitrogen and oxygen atoms in total. The van der Waals surface area contributed by atoms with Crippen LogP contribution in [0.1, 0.15) is 26.0 Å². The molecule has 1 heterocycles. The topological polar surface area (TPSA) is 26.0 Å². The predicted molar refractivity (Wildman–Crippen MR) is 39.7 cm³/mol. The summed E-state index contributed by atoms with van der Waals surface area (Å²) in [6.45, 7) is 4.41. The van der Waals surface area contributed by atoms with Crippen molar-refractivity contribution in [2.24, 2.45) is 5.92 Å². The maximum Gasteiger partial charge on any atom is 0.180 e. The third-order valence-electron chi connectivity index (χ3n) is 1.45. The van der Waals surface area contributed by atoms with Gasteiger partial charge in [0.05, 0.1) is 6.20 Å². The maximum absolute atomic E-state index is 5.07. The van der Waals surface area contributed by atoms with E-state index in [0.29, 0.717) is 0 Å². The largest absolute Gasteiger partial charge is 0.449 e. The van der Waals surface area contributed by atoms with Gasteiger partial charge in [0.2, 0.25) is 0 Å². The molecule has 0 fully saturated rings. The van der Waals surface area contributed by atoms with Crippen LogP contribution >= 0.6 is 0 Å². The SMILES string of the molecule is CC(C)CCc1cnco1. The van der Waals surface area contributed by atoms with Crippen molar-refractivity contribution in [3.05, 3.63) is 18.4 Å². The van der Waals surface area contributed by atoms with Gasteiger partial charge >= 0.3 is 0 Å². The Morgan fingerprint density at radius 2 is 2.40 bits per heavy atom. The van der Waals surface area contributed by atoms with E-state index < -0.39 is 0 Å². The van der Waals surface area contributed by atoms with Crippen LogP contribution in [0, 0.1) is 5.92 Å². The lowest BCUT2D eigenvalue weighted by Crippen LogP contribution is -1.89. The molecule has 1 aromatic heterocycles. The normalized spacial score (nSPS) is 10.7. The zero-order valence-electron chi connectivity index (χ0n) is 6.50. The van der Waals surface area contributed by atoms with Crippen molar-refractivity contribution >= 4 is 0 Å². The number of aromatic nitrogens is 1. The molecule has 10 heavy (non-hydrogen) atoms. The van der Waals surface area contributed by atoms with Crippen molar-refractivity contribution in [2.45, 2.75) is 26.7 Å². The summed E-state index contributed by atoms with van der Waals surface area (Å²) in [6, 6.07) is 0. The molecule has 0 aliphatic heterocycles. The smallest absolute Gasteiger partial charge is 0.180 e. The van der Waals surface area contributed by atoms with Gasteiger partial charge in [-0.25, -0.2) is 4.98 Å². The van der Waals surface area contributed by atoms with Gasteiger partial charge in [0.15, 0.2) is 6.39 Å². The highest BCUT2D eigenvalue weighted by atomic mass is 16.3. The summed E-state index contributed by atoms with van der Waals surface area (Å²) >= 11 is 0. The second-order valence-electron chi connectivity index (χ2n) is 2.90. The standard InChI is InChI=1S/C8H13NO/c1-7(2)3-4-8-5-9-6-10-8/h5-7H,3-4H2,1-2H3. The molecule has 0 aliphatic carbocycles. The van der Waals surface area contributed by atoms with E-state index in [9.17, 15) is 0 Å². The van der Waals surface area contributed by atoms with E-state index in [2.05, 4.69) is 18.8 Å². The molecule has 0 N–H and O–H groups in total. The average Bonchev–Trinajstić information content (AvgIpc) is 2.34. The first-order chi connectivity index (χ1) is 4.79. The molecule has 0 aromatic carbocycles. The van der Waals surface area contributed by atoms with E-state index in [4.69, 9.17) is 4.42 Å². The molecule has 1 aromatic rings. The molecule has 0 amide bonds. The monoisotopic (exact) mass is 139 g/mol. The fourth-order valence-corrected chi connectivity index (χ4v) is 0.797. The van der Waals surface area contributed by atoms with Gasteiger partial charge in [-0.1, -0.05) is 13.8 Å². The van der Waals surface area contributed by atoms with Crippen LogP contribution < -0.4 is 0 Å². The highest BCUT2D eigenvalue weighted by Gasteiger charge is 1.98. The molecule has 0 unspecified atom stereocenters. The summed E-state index contributed by atoms with van der Waals surface area (Å²) in [5, 5.41) is 0. The van der Waals surface area contributed by atoms with Crippen LogP contribution in [0.25, 0.3) is 0 Å². The fourth-order valence-electron chi connectivity index (χ4n) is 0.797. The van der Waals surface area contributed by atoms with E-state index in [1.165, 1.54) is 12.8 Å². The van der Waals surface area contributed by atoms with E-state index in [1.54, 1.807) is 6.20 Å². The second kappa shape index (κ2) is 3.40. The van der Waals surface area contributed by atoms with Gasteiger partial charge < -0.3 is 4.42 Å². The van der Waals surface area contributed by atoms with Crippen molar-refractivity contribution in [2.75, 3.05) is 0 Å². The summed E-state index contributed by atoms with van der Waals surface area (Å²) in [7, 11) is 0. The Morgan fingerprint density at radius 3 is 2.90 bits per heavy atom. The molecule has 2 heteroatoms. The van der Waals surface area contributed by atoms with Crippen LogP contribution in [0.5, 0.6) is 0 Å². The van der Waals surface area contributed by atoms with Crippen molar-refractivity contribution < 1.29 is 4.42 Å². The summed E-state index contributed by atoms with van der Waals surface area (Å²) < 4.78 is 5.07. The molecule has 0 saturated carbocycles. The van der Waals surface area contributed by atoms with Crippen molar-refractivity contribution in [3.63, 3.8) is 0 Å².